The van der Waals surface area contributed by atoms with Gasteiger partial charge in [0.15, 0.2) is 23.1 Å². The number of carbonyl (C=O) groups is 4. The summed E-state index contributed by atoms with van der Waals surface area (Å²) in [5.74, 6) is -3.35. The van der Waals surface area contributed by atoms with E-state index in [1.807, 2.05) is 6.08 Å². The van der Waals surface area contributed by atoms with Gasteiger partial charge in [0.05, 0.1) is 28.5 Å². The highest BCUT2D eigenvalue weighted by molar-refractivity contribution is 9.12. The van der Waals surface area contributed by atoms with Crippen LogP contribution in [0.4, 0.5) is 0 Å². The number of halogens is 2. The Morgan fingerprint density at radius 3 is 2.58 bits per heavy atom. The van der Waals surface area contributed by atoms with Crippen molar-refractivity contribution in [3.63, 3.8) is 0 Å². The lowest BCUT2D eigenvalue weighted by molar-refractivity contribution is -0.138. The second kappa shape index (κ2) is 7.67. The number of hydrogen-bond acceptors (Lipinski definition) is 6. The molecule has 170 valence electrons. The molecule has 0 spiro atoms. The molecule has 0 bridgehead atoms. The van der Waals surface area contributed by atoms with E-state index in [-0.39, 0.29) is 50.8 Å². The number of likely N-dealkylation sites (tertiary alicyclic amines) is 1. The molecule has 1 aromatic rings. The third-order valence-corrected chi connectivity index (χ3v) is 8.03. The Balaban J connectivity index is 1.74. The number of carbonyl (C=O) groups excluding carboxylic acids is 4. The number of allylic oxidation sites excluding steroid dienone is 6. The van der Waals surface area contributed by atoms with E-state index in [1.165, 1.54) is 20.2 Å². The zero-order chi connectivity index (χ0) is 23.8. The number of amides is 2. The van der Waals surface area contributed by atoms with Gasteiger partial charge in [-0.05, 0) is 52.4 Å². The molecule has 1 heterocycles. The Morgan fingerprint density at radius 2 is 1.88 bits per heavy atom. The van der Waals surface area contributed by atoms with Crippen molar-refractivity contribution in [2.24, 2.45) is 17.8 Å². The number of hydrogen-bond donors (Lipinski definition) is 1. The maximum absolute atomic E-state index is 13.2. The molecule has 7 nitrogen and oxygen atoms in total. The first-order chi connectivity index (χ1) is 15.6. The highest BCUT2D eigenvalue weighted by Gasteiger charge is 2.55. The average molecular weight is 533 g/mol. The monoisotopic (exact) mass is 531 g/mol. The summed E-state index contributed by atoms with van der Waals surface area (Å²) >= 11 is 9.45. The summed E-state index contributed by atoms with van der Waals surface area (Å²) in [6.45, 7) is 0. The number of rotatable bonds is 2. The van der Waals surface area contributed by atoms with E-state index in [0.717, 1.165) is 10.5 Å². The minimum atomic E-state index is -0.659. The second-order valence-corrected chi connectivity index (χ2v) is 9.94. The van der Waals surface area contributed by atoms with Crippen LogP contribution in [0.1, 0.15) is 24.3 Å². The fourth-order valence-corrected chi connectivity index (χ4v) is 6.33. The quantitative estimate of drug-likeness (QED) is 0.356. The number of imide groups is 1. The van der Waals surface area contributed by atoms with E-state index in [9.17, 15) is 24.3 Å². The number of fused-ring (bicyclic) bond motifs is 3. The molecule has 1 aromatic carbocycles. The number of ketones is 2. The lowest BCUT2D eigenvalue weighted by Gasteiger charge is -2.42. The Labute approximate surface area is 202 Å². The highest BCUT2D eigenvalue weighted by atomic mass is 79.9. The summed E-state index contributed by atoms with van der Waals surface area (Å²) in [6.07, 6.45) is 3.75. The molecular formula is C24H19BrClNO6. The minimum absolute atomic E-state index is 0.0427. The topological polar surface area (TPSA) is 101 Å². The fraction of sp³-hybridized carbons (Fsp3) is 0.333. The lowest BCUT2D eigenvalue weighted by atomic mass is 9.59. The van der Waals surface area contributed by atoms with Crippen molar-refractivity contribution < 1.29 is 29.0 Å². The Morgan fingerprint density at radius 1 is 1.15 bits per heavy atom. The van der Waals surface area contributed by atoms with Gasteiger partial charge in [0.1, 0.15) is 0 Å². The van der Waals surface area contributed by atoms with Gasteiger partial charge in [-0.3, -0.25) is 24.1 Å². The molecule has 4 aliphatic rings. The van der Waals surface area contributed by atoms with Crippen LogP contribution in [0.5, 0.6) is 11.5 Å². The van der Waals surface area contributed by atoms with Gasteiger partial charge in [-0.1, -0.05) is 23.3 Å². The molecule has 4 atom stereocenters. The first kappa shape index (κ1) is 22.1. The van der Waals surface area contributed by atoms with E-state index in [2.05, 4.69) is 15.9 Å². The molecule has 0 unspecified atom stereocenters. The zero-order valence-corrected chi connectivity index (χ0v) is 20.1. The molecule has 0 radical (unpaired) electrons. The number of phenols is 1. The van der Waals surface area contributed by atoms with Gasteiger partial charge < -0.3 is 9.84 Å². The number of phenolic OH excluding ortho intramolecular Hbond substituents is 1. The largest absolute Gasteiger partial charge is 0.503 e. The maximum atomic E-state index is 13.2. The second-order valence-electron chi connectivity index (χ2n) is 8.68. The Hall–Kier alpha value is -2.71. The van der Waals surface area contributed by atoms with Crippen LogP contribution < -0.4 is 4.74 Å². The molecule has 1 fully saturated rings. The summed E-state index contributed by atoms with van der Waals surface area (Å²) in [7, 11) is 2.87. The van der Waals surface area contributed by atoms with Crippen molar-refractivity contribution in [3.8, 4) is 11.5 Å². The molecule has 1 aliphatic heterocycles. The van der Waals surface area contributed by atoms with E-state index in [4.69, 9.17) is 16.3 Å². The number of benzene rings is 1. The Bertz CT molecular complexity index is 1260. The van der Waals surface area contributed by atoms with Crippen molar-refractivity contribution in [2.75, 3.05) is 14.2 Å². The van der Waals surface area contributed by atoms with Gasteiger partial charge >= 0.3 is 0 Å². The molecule has 2 amide bonds. The van der Waals surface area contributed by atoms with Crippen LogP contribution in [0.3, 0.4) is 0 Å². The van der Waals surface area contributed by atoms with Gasteiger partial charge in [-0.15, -0.1) is 0 Å². The van der Waals surface area contributed by atoms with Crippen molar-refractivity contribution in [3.05, 3.63) is 56.1 Å². The molecule has 33 heavy (non-hydrogen) atoms. The first-order valence-corrected chi connectivity index (χ1v) is 11.6. The molecule has 1 saturated heterocycles. The Kier molecular flexibility index (Phi) is 5.14. The molecule has 0 aromatic heterocycles. The predicted molar refractivity (Wildman–Crippen MR) is 122 cm³/mol. The first-order valence-electron chi connectivity index (χ1n) is 10.4. The number of aromatic hydroxyl groups is 1. The normalized spacial score (nSPS) is 28.9. The standard InChI is InChI=1S/C24H19BrClNO6/c1-27-23(31)11-4-3-10-12(19(11)24(27)32)7-13-20(16(28)8-14(25)21(13)29)18(10)9-5-15(26)22(30)17(6-9)33-2/h3,5-6,8,11-12,18-19,30H,4,7H2,1-2H3/t11-,12+,18-,19-/m0/s1. The summed E-state index contributed by atoms with van der Waals surface area (Å²) in [5.41, 5.74) is 2.04. The van der Waals surface area contributed by atoms with E-state index >= 15 is 0 Å². The summed E-state index contributed by atoms with van der Waals surface area (Å²) < 4.78 is 5.43. The van der Waals surface area contributed by atoms with Gasteiger partial charge in [0, 0.05) is 30.2 Å². The number of methoxy groups -OCH3 is 1. The van der Waals surface area contributed by atoms with Crippen LogP contribution in [-0.4, -0.2) is 47.5 Å². The molecule has 9 heteroatoms. The van der Waals surface area contributed by atoms with Gasteiger partial charge in [-0.2, -0.15) is 0 Å². The van der Waals surface area contributed by atoms with Crippen molar-refractivity contribution in [1.82, 2.24) is 4.90 Å². The summed E-state index contributed by atoms with van der Waals surface area (Å²) in [4.78, 5) is 53.1. The SMILES string of the molecule is COc1cc([C@H]2C3=CC[C@@H]4C(=O)N(C)C(=O)[C@@H]4[C@@H]3CC3=C2C(=O)C=C(Br)C3=O)cc(Cl)c1O. The average Bonchev–Trinajstić information content (AvgIpc) is 3.02. The van der Waals surface area contributed by atoms with E-state index < -0.39 is 23.7 Å². The van der Waals surface area contributed by atoms with Crippen LogP contribution in [0.2, 0.25) is 5.02 Å². The van der Waals surface area contributed by atoms with Gasteiger partial charge in [0.25, 0.3) is 0 Å². The van der Waals surface area contributed by atoms with Crippen molar-refractivity contribution in [1.29, 1.82) is 0 Å². The molecular weight excluding hydrogens is 514 g/mol. The zero-order valence-electron chi connectivity index (χ0n) is 17.7. The van der Waals surface area contributed by atoms with Crippen molar-refractivity contribution >= 4 is 50.9 Å². The molecule has 0 saturated carbocycles. The van der Waals surface area contributed by atoms with Crippen LogP contribution in [-0.2, 0) is 19.2 Å². The van der Waals surface area contributed by atoms with Crippen LogP contribution in [0.15, 0.2) is 45.5 Å². The van der Waals surface area contributed by atoms with Crippen molar-refractivity contribution in [2.45, 2.75) is 18.8 Å². The van der Waals surface area contributed by atoms with Gasteiger partial charge in [-0.25, -0.2) is 0 Å². The number of Topliss-reactive ketones (excluding diaryl/α,β-unsaturated/α-hetero) is 1. The molecule has 5 rings (SSSR count). The van der Waals surface area contributed by atoms with Gasteiger partial charge in [0.2, 0.25) is 11.8 Å². The minimum Gasteiger partial charge on any atom is -0.503 e. The molecule has 1 N–H and O–H groups in total. The highest BCUT2D eigenvalue weighted by Crippen LogP contribution is 2.56. The number of ether oxygens (including phenoxy) is 1. The summed E-state index contributed by atoms with van der Waals surface area (Å²) in [6, 6.07) is 3.13. The van der Waals surface area contributed by atoms with Crippen LogP contribution >= 0.6 is 27.5 Å². The smallest absolute Gasteiger partial charge is 0.233 e. The van der Waals surface area contributed by atoms with E-state index in [0.29, 0.717) is 23.1 Å². The number of nitrogens with zero attached hydrogens (tertiary/aromatic N) is 1. The third-order valence-electron chi connectivity index (χ3n) is 7.16. The lowest BCUT2D eigenvalue weighted by Crippen LogP contribution is -2.39. The molecule has 3 aliphatic carbocycles. The summed E-state index contributed by atoms with van der Waals surface area (Å²) in [5, 5.41) is 10.3. The van der Waals surface area contributed by atoms with E-state index in [1.54, 1.807) is 12.1 Å². The predicted octanol–water partition coefficient (Wildman–Crippen LogP) is 3.45. The fourth-order valence-electron chi connectivity index (χ4n) is 5.66. The van der Waals surface area contributed by atoms with Crippen LogP contribution in [0.25, 0.3) is 0 Å². The maximum Gasteiger partial charge on any atom is 0.233 e. The third kappa shape index (κ3) is 3.07. The van der Waals surface area contributed by atoms with Crippen LogP contribution in [0, 0.1) is 17.8 Å².